The molecule has 11 rings (SSSR count). The van der Waals surface area contributed by atoms with Gasteiger partial charge in [-0.15, -0.1) is 68.0 Å². The Kier molecular flexibility index (Phi) is 19.4. The number of carboxylic acids is 1. The van der Waals surface area contributed by atoms with Crippen molar-refractivity contribution >= 4 is 109 Å². The highest BCUT2D eigenvalue weighted by atomic mass is 32.1. The van der Waals surface area contributed by atoms with Gasteiger partial charge in [-0.3, -0.25) is 33.6 Å². The highest BCUT2D eigenvalue weighted by Crippen LogP contribution is 2.43. The molecule has 1 saturated heterocycles. The van der Waals surface area contributed by atoms with Crippen molar-refractivity contribution in [2.24, 2.45) is 17.6 Å². The van der Waals surface area contributed by atoms with E-state index < -0.39 is 71.6 Å². The number of aryl methyl sites for hydroxylation is 1. The maximum Gasteiger partial charge on any atom is 0.306 e. The number of ether oxygens (including phenoxy) is 1. The predicted octanol–water partition coefficient (Wildman–Crippen LogP) is 7.40. The van der Waals surface area contributed by atoms with Gasteiger partial charge in [0, 0.05) is 68.8 Å². The summed E-state index contributed by atoms with van der Waals surface area (Å²) in [6.45, 7) is 10.7. The first-order valence-corrected chi connectivity index (χ1v) is 34.0. The molecule has 24 nitrogen and oxygen atoms in total. The number of likely N-dealkylation sites (N-methyl/N-ethyl adjacent to an activating group) is 1. The highest BCUT2D eigenvalue weighted by molar-refractivity contribution is 7.15. The molecule has 89 heavy (non-hydrogen) atoms. The Balaban J connectivity index is 0.939. The van der Waals surface area contributed by atoms with Crippen molar-refractivity contribution in [3.8, 4) is 49.1 Å². The minimum atomic E-state index is -1.14. The minimum Gasteiger partial charge on any atom is -0.492 e. The molecule has 1 saturated carbocycles. The van der Waals surface area contributed by atoms with Gasteiger partial charge >= 0.3 is 5.97 Å². The number of aromatic nitrogens is 7. The molecule has 30 heteroatoms. The van der Waals surface area contributed by atoms with Crippen molar-refractivity contribution in [3.63, 3.8) is 0 Å². The van der Waals surface area contributed by atoms with Crippen molar-refractivity contribution in [2.45, 2.75) is 103 Å². The number of primary amides is 1. The number of aliphatic hydroxyl groups excluding tert-OH is 1. The predicted molar refractivity (Wildman–Crippen MR) is 338 cm³/mol. The van der Waals surface area contributed by atoms with Gasteiger partial charge in [0.25, 0.3) is 23.6 Å². The summed E-state index contributed by atoms with van der Waals surface area (Å²) in [5.74, 6) is -4.51. The second-order valence-electron chi connectivity index (χ2n) is 21.7. The van der Waals surface area contributed by atoms with E-state index in [0.29, 0.717) is 96.3 Å². The lowest BCUT2D eigenvalue weighted by molar-refractivity contribution is -0.143. The van der Waals surface area contributed by atoms with Crippen molar-refractivity contribution in [2.75, 3.05) is 32.8 Å². The van der Waals surface area contributed by atoms with E-state index in [-0.39, 0.29) is 65.7 Å². The second kappa shape index (κ2) is 27.5. The number of rotatable bonds is 14. The van der Waals surface area contributed by atoms with Gasteiger partial charge in [0.2, 0.25) is 11.8 Å². The standard InChI is InChI=1S/C59H62N14O10S6/c1-5-72(6-2)17-18-83-33-13-7-30(8-14-33)19-37-58(80)73-22-43(74)28(3)48(73)57-70-42(27-88-57)55-67-38(23-86-55)47-34(15-16-35(64-47)54-69-40(26-87-54)49(76)62-32-11-9-31(10-12-32)59(81)82)53-68-41(25-85-53)51(78)65-36(20-44(60)75)56-71-46(29(4)89-56)52(79)61-21-45-63-39(24-84-45)50(77)66-37/h7-8,13-16,23-28,31-32,36-37,43,48,74H,5-6,9-12,17-22H2,1-4H3,(H2,60,75)(H,61,79)(H,62,76)(H,65,78)(H,66,77)(H,81,82)/t28-,31?,32?,36-,37-,43-,48-/m0/s1. The quantitative estimate of drug-likeness (QED) is 0.0557. The number of thiazole rings is 6. The fourth-order valence-electron chi connectivity index (χ4n) is 10.8. The third-order valence-corrected chi connectivity index (χ3v) is 21.3. The summed E-state index contributed by atoms with van der Waals surface area (Å²) in [5.41, 5.74) is 8.88. The van der Waals surface area contributed by atoms with E-state index in [1.54, 1.807) is 34.7 Å². The van der Waals surface area contributed by atoms with Crippen LogP contribution in [0.5, 0.6) is 5.75 Å². The Labute approximate surface area is 534 Å². The summed E-state index contributed by atoms with van der Waals surface area (Å²) in [6, 6.07) is 7.80. The summed E-state index contributed by atoms with van der Waals surface area (Å²) < 4.78 is 6.05. The van der Waals surface area contributed by atoms with E-state index in [2.05, 4.69) is 55.0 Å². The molecule has 5 atom stereocenters. The van der Waals surface area contributed by atoms with Gasteiger partial charge in [-0.2, -0.15) is 0 Å². The number of aliphatic hydroxyl groups is 1. The Morgan fingerprint density at radius 2 is 1.40 bits per heavy atom. The second-order valence-corrected chi connectivity index (χ2v) is 27.4. The van der Waals surface area contributed by atoms with Crippen molar-refractivity contribution in [3.05, 3.63) is 112 Å². The molecule has 2 aliphatic heterocycles. The molecule has 10 bridgehead atoms. The van der Waals surface area contributed by atoms with Crippen LogP contribution in [-0.4, -0.2) is 147 Å². The number of aliphatic carboxylic acids is 1. The van der Waals surface area contributed by atoms with Gasteiger partial charge < -0.3 is 51.8 Å². The summed E-state index contributed by atoms with van der Waals surface area (Å²) in [4.78, 5) is 133. The molecule has 0 radical (unpaired) electrons. The van der Waals surface area contributed by atoms with Crippen LogP contribution in [0.3, 0.4) is 0 Å². The first-order valence-electron chi connectivity index (χ1n) is 28.8. The van der Waals surface area contributed by atoms with Crippen LogP contribution in [0.15, 0.2) is 63.3 Å². The SMILES string of the molecule is CCN(CC)CCOc1ccc(C[C@@H]2NC(=O)c3csc(n3)CNC(=O)c3nc(sc3C)[C@H](CC(N)=O)NC(=O)c3csc(n3)-c3ccc(-c4nc(C(=O)NC5CCC(C(=O)O)CC5)cs4)nc3-c3csc(n3)-c3csc(n3)[C@@H]3[C@@H](C)[C@@H](O)CN3C2=O)cc1. The lowest BCUT2D eigenvalue weighted by Crippen LogP contribution is -2.50. The average molecular weight is 1320 g/mol. The van der Waals surface area contributed by atoms with Gasteiger partial charge in [-0.25, -0.2) is 34.9 Å². The Morgan fingerprint density at radius 1 is 0.730 bits per heavy atom. The highest BCUT2D eigenvalue weighted by Gasteiger charge is 2.45. The first-order chi connectivity index (χ1) is 42.9. The van der Waals surface area contributed by atoms with Gasteiger partial charge in [0.15, 0.2) is 0 Å². The Hall–Kier alpha value is -7.84. The molecule has 8 N–H and O–H groups in total. The molecule has 6 amide bonds. The molecule has 1 aromatic carbocycles. The van der Waals surface area contributed by atoms with Crippen LogP contribution in [0.25, 0.3) is 43.4 Å². The molecular weight excluding hydrogens is 1260 g/mol. The number of pyridine rings is 1. The van der Waals surface area contributed by atoms with E-state index in [9.17, 15) is 39.0 Å². The topological polar surface area (TPSA) is 340 Å². The summed E-state index contributed by atoms with van der Waals surface area (Å²) in [7, 11) is 0. The number of nitrogens with two attached hydrogens (primary N) is 1. The van der Waals surface area contributed by atoms with Gasteiger partial charge in [0.1, 0.15) is 88.3 Å². The molecule has 8 aromatic rings. The van der Waals surface area contributed by atoms with E-state index in [0.717, 1.165) is 47.9 Å². The van der Waals surface area contributed by atoms with E-state index >= 15 is 4.79 Å². The van der Waals surface area contributed by atoms with Crippen LogP contribution < -0.4 is 31.7 Å². The van der Waals surface area contributed by atoms with E-state index in [4.69, 9.17) is 30.4 Å². The third-order valence-electron chi connectivity index (χ3n) is 15.8. The first kappa shape index (κ1) is 62.8. The summed E-state index contributed by atoms with van der Waals surface area (Å²) in [6.07, 6.45) is 0.795. The third kappa shape index (κ3) is 14.3. The number of amides is 6. The molecule has 0 unspecified atom stereocenters. The number of nitrogens with one attached hydrogen (secondary N) is 4. The maximum atomic E-state index is 15.2. The smallest absolute Gasteiger partial charge is 0.306 e. The number of hydrogen-bond donors (Lipinski definition) is 7. The summed E-state index contributed by atoms with van der Waals surface area (Å²) >= 11 is 7.22. The van der Waals surface area contributed by atoms with E-state index in [1.165, 1.54) is 50.7 Å². The van der Waals surface area contributed by atoms with Crippen LogP contribution in [0.4, 0.5) is 0 Å². The molecule has 7 aromatic heterocycles. The Bertz CT molecular complexity index is 3940. The number of carbonyl (C=O) groups is 7. The molecule has 9 heterocycles. The number of carbonyl (C=O) groups excluding carboxylic acids is 6. The van der Waals surface area contributed by atoms with Crippen molar-refractivity contribution in [1.29, 1.82) is 0 Å². The molecule has 0 spiro atoms. The number of carboxylic acid groups (broad SMARTS) is 1. The normalized spacial score (nSPS) is 20.7. The number of hydrogen-bond acceptors (Lipinski definition) is 23. The van der Waals surface area contributed by atoms with Gasteiger partial charge in [-0.05, 0) is 75.5 Å². The Morgan fingerprint density at radius 3 is 2.15 bits per heavy atom. The summed E-state index contributed by atoms with van der Waals surface area (Å²) in [5, 5.41) is 43.5. The average Bonchev–Trinajstić information content (AvgIpc) is 1.83. The molecular formula is C59H62N14O10S6. The lowest BCUT2D eigenvalue weighted by atomic mass is 9.86. The van der Waals surface area contributed by atoms with Gasteiger partial charge in [0.05, 0.1) is 42.8 Å². The largest absolute Gasteiger partial charge is 0.492 e. The van der Waals surface area contributed by atoms with Crippen molar-refractivity contribution in [1.82, 2.24) is 66.0 Å². The number of nitrogens with zero attached hydrogens (tertiary/aromatic N) is 9. The monoisotopic (exact) mass is 1320 g/mol. The lowest BCUT2D eigenvalue weighted by Gasteiger charge is -2.29. The minimum absolute atomic E-state index is 0.00775. The molecule has 2 fully saturated rings. The van der Waals surface area contributed by atoms with Crippen LogP contribution >= 0.6 is 68.0 Å². The van der Waals surface area contributed by atoms with Crippen LogP contribution in [0.1, 0.15) is 132 Å². The zero-order valence-corrected chi connectivity index (χ0v) is 53.5. The maximum absolute atomic E-state index is 15.2. The zero-order chi connectivity index (χ0) is 62.6. The molecule has 464 valence electrons. The van der Waals surface area contributed by atoms with Crippen molar-refractivity contribution < 1.29 is 48.5 Å². The van der Waals surface area contributed by atoms with Crippen LogP contribution in [0, 0.1) is 18.8 Å². The van der Waals surface area contributed by atoms with E-state index in [1.807, 2.05) is 41.9 Å². The zero-order valence-electron chi connectivity index (χ0n) is 48.6. The fourth-order valence-corrected chi connectivity index (χ4v) is 16.0. The van der Waals surface area contributed by atoms with Crippen LogP contribution in [0.2, 0.25) is 0 Å². The molecule has 1 aliphatic carbocycles. The molecule has 3 aliphatic rings. The van der Waals surface area contributed by atoms with Gasteiger partial charge in [-0.1, -0.05) is 32.9 Å². The van der Waals surface area contributed by atoms with Crippen LogP contribution in [-0.2, 0) is 27.3 Å². The number of benzene rings is 1. The fraction of sp³-hybridized carbons (Fsp3) is 0.390. The number of fused-ring (bicyclic) bond motifs is 16.